The Kier molecular flexibility index (Phi) is 5.88. The largest absolute Gasteiger partial charge is 0.462 e. The zero-order chi connectivity index (χ0) is 21.5. The molecule has 0 fully saturated rings. The van der Waals surface area contributed by atoms with Crippen LogP contribution in [-0.4, -0.2) is 22.6 Å². The van der Waals surface area contributed by atoms with Crippen molar-refractivity contribution in [3.8, 4) is 0 Å². The Balaban J connectivity index is 1.86. The fourth-order valence-corrected chi connectivity index (χ4v) is 5.58. The van der Waals surface area contributed by atoms with Crippen LogP contribution in [0.3, 0.4) is 0 Å². The summed E-state index contributed by atoms with van der Waals surface area (Å²) in [6, 6.07) is 15.5. The van der Waals surface area contributed by atoms with Gasteiger partial charge in [-0.15, -0.1) is 0 Å². The van der Waals surface area contributed by atoms with E-state index in [0.717, 1.165) is 22.0 Å². The zero-order valence-electron chi connectivity index (χ0n) is 17.0. The van der Waals surface area contributed by atoms with Crippen LogP contribution in [0.1, 0.15) is 44.4 Å². The van der Waals surface area contributed by atoms with E-state index < -0.39 is 5.54 Å². The second-order valence-corrected chi connectivity index (χ2v) is 9.18. The van der Waals surface area contributed by atoms with Crippen LogP contribution < -0.4 is 0 Å². The molecule has 0 unspecified atom stereocenters. The van der Waals surface area contributed by atoms with E-state index in [2.05, 4.69) is 18.7 Å². The van der Waals surface area contributed by atoms with Crippen molar-refractivity contribution in [2.24, 2.45) is 4.99 Å². The summed E-state index contributed by atoms with van der Waals surface area (Å²) in [6.07, 6.45) is 0.695. The lowest BCUT2D eigenvalue weighted by Crippen LogP contribution is -2.34. The first-order valence-corrected chi connectivity index (χ1v) is 11.4. The quantitative estimate of drug-likeness (QED) is 0.474. The van der Waals surface area contributed by atoms with Gasteiger partial charge < -0.3 is 9.64 Å². The van der Waals surface area contributed by atoms with Gasteiger partial charge in [0.2, 0.25) is 0 Å². The average molecular weight is 461 g/mol. The molecular weight excluding hydrogens is 439 g/mol. The van der Waals surface area contributed by atoms with E-state index >= 15 is 0 Å². The molecule has 2 atom stereocenters. The third-order valence-corrected chi connectivity index (χ3v) is 7.06. The van der Waals surface area contributed by atoms with E-state index in [0.29, 0.717) is 28.0 Å². The third kappa shape index (κ3) is 3.53. The highest BCUT2D eigenvalue weighted by molar-refractivity contribution is 8.18. The minimum Gasteiger partial charge on any atom is -0.462 e. The number of esters is 1. The SMILES string of the molecule is CCOC(=O)C1=C(CC)N2C(=N[C@@](C)(c3ccc(Cl)cc3)[C@H]2c2ccc(Cl)cc2)S1. The molecule has 0 amide bonds. The van der Waals surface area contributed by atoms with Gasteiger partial charge in [0.25, 0.3) is 0 Å². The molecule has 2 aromatic carbocycles. The molecule has 2 aliphatic heterocycles. The number of allylic oxidation sites excluding steroid dienone is 1. The number of thioether (sulfide) groups is 1. The Labute approximate surface area is 190 Å². The van der Waals surface area contributed by atoms with Crippen LogP contribution in [0.15, 0.2) is 64.1 Å². The number of ether oxygens (including phenoxy) is 1. The Morgan fingerprint density at radius 3 is 2.27 bits per heavy atom. The highest BCUT2D eigenvalue weighted by Gasteiger charge is 2.52. The highest BCUT2D eigenvalue weighted by Crippen LogP contribution is 2.55. The maximum Gasteiger partial charge on any atom is 0.346 e. The summed E-state index contributed by atoms with van der Waals surface area (Å²) in [5.41, 5.74) is 2.52. The number of benzene rings is 2. The number of carbonyl (C=O) groups excluding carboxylic acids is 1. The second-order valence-electron chi connectivity index (χ2n) is 7.32. The van der Waals surface area contributed by atoms with Crippen molar-refractivity contribution in [1.82, 2.24) is 4.90 Å². The van der Waals surface area contributed by atoms with E-state index in [9.17, 15) is 4.79 Å². The summed E-state index contributed by atoms with van der Waals surface area (Å²) in [4.78, 5) is 20.5. The van der Waals surface area contributed by atoms with Crippen LogP contribution in [0.2, 0.25) is 10.0 Å². The molecule has 2 aliphatic rings. The van der Waals surface area contributed by atoms with Crippen LogP contribution in [-0.2, 0) is 15.1 Å². The van der Waals surface area contributed by atoms with Crippen LogP contribution in [0.4, 0.5) is 0 Å². The van der Waals surface area contributed by atoms with Gasteiger partial charge in [-0.05, 0) is 67.4 Å². The van der Waals surface area contributed by atoms with E-state index in [1.807, 2.05) is 55.5 Å². The molecular formula is C23H22Cl2N2O2S. The molecule has 0 N–H and O–H groups in total. The summed E-state index contributed by atoms with van der Waals surface area (Å²) in [7, 11) is 0. The lowest BCUT2D eigenvalue weighted by atomic mass is 9.81. The lowest BCUT2D eigenvalue weighted by Gasteiger charge is -2.36. The zero-order valence-corrected chi connectivity index (χ0v) is 19.3. The number of carbonyl (C=O) groups is 1. The van der Waals surface area contributed by atoms with Crippen molar-refractivity contribution >= 4 is 46.1 Å². The van der Waals surface area contributed by atoms with Crippen molar-refractivity contribution in [2.75, 3.05) is 6.61 Å². The Hall–Kier alpha value is -1.95. The molecule has 2 heterocycles. The summed E-state index contributed by atoms with van der Waals surface area (Å²) in [5.74, 6) is -0.292. The van der Waals surface area contributed by atoms with Crippen molar-refractivity contribution in [2.45, 2.75) is 38.8 Å². The molecule has 0 saturated heterocycles. The molecule has 156 valence electrons. The second kappa shape index (κ2) is 8.29. The van der Waals surface area contributed by atoms with E-state index in [-0.39, 0.29) is 12.0 Å². The normalized spacial score (nSPS) is 22.9. The van der Waals surface area contributed by atoms with Gasteiger partial charge in [0.1, 0.15) is 10.4 Å². The molecule has 0 spiro atoms. The van der Waals surface area contributed by atoms with Gasteiger partial charge in [-0.1, -0.05) is 54.4 Å². The smallest absolute Gasteiger partial charge is 0.346 e. The third-order valence-electron chi connectivity index (χ3n) is 5.48. The number of halogens is 2. The summed E-state index contributed by atoms with van der Waals surface area (Å²) in [6.45, 7) is 6.33. The highest BCUT2D eigenvalue weighted by atomic mass is 35.5. The molecule has 0 saturated carbocycles. The standard InChI is InChI=1S/C23H22Cl2N2O2S/c1-4-18-19(21(28)29-5-2)30-22-26-23(3,15-8-12-17(25)13-9-15)20(27(18)22)14-6-10-16(24)11-7-14/h6-13,20H,4-5H2,1-3H3/t20-,23+/m1/s1. The molecule has 30 heavy (non-hydrogen) atoms. The van der Waals surface area contributed by atoms with Gasteiger partial charge in [-0.3, -0.25) is 0 Å². The molecule has 4 nitrogen and oxygen atoms in total. The number of aliphatic imine (C=N–C) groups is 1. The number of fused-ring (bicyclic) bond motifs is 1. The molecule has 4 rings (SSSR count). The number of rotatable bonds is 5. The van der Waals surface area contributed by atoms with Gasteiger partial charge in [0, 0.05) is 15.7 Å². The number of nitrogens with zero attached hydrogens (tertiary/aromatic N) is 2. The fraction of sp³-hybridized carbons (Fsp3) is 0.304. The molecule has 0 aromatic heterocycles. The van der Waals surface area contributed by atoms with Gasteiger partial charge in [0.15, 0.2) is 5.17 Å². The van der Waals surface area contributed by atoms with Crippen LogP contribution in [0, 0.1) is 0 Å². The van der Waals surface area contributed by atoms with Crippen molar-refractivity contribution < 1.29 is 9.53 Å². The van der Waals surface area contributed by atoms with Crippen molar-refractivity contribution in [1.29, 1.82) is 0 Å². The van der Waals surface area contributed by atoms with Crippen LogP contribution in [0.25, 0.3) is 0 Å². The predicted molar refractivity (Wildman–Crippen MR) is 124 cm³/mol. The van der Waals surface area contributed by atoms with Crippen molar-refractivity contribution in [3.05, 3.63) is 80.3 Å². The summed E-state index contributed by atoms with van der Waals surface area (Å²) in [5, 5.41) is 2.18. The number of amidine groups is 1. The molecule has 0 radical (unpaired) electrons. The van der Waals surface area contributed by atoms with Gasteiger partial charge in [0.05, 0.1) is 12.6 Å². The van der Waals surface area contributed by atoms with Crippen molar-refractivity contribution in [3.63, 3.8) is 0 Å². The summed E-state index contributed by atoms with van der Waals surface area (Å²) >= 11 is 13.7. The van der Waals surface area contributed by atoms with E-state index in [1.54, 1.807) is 0 Å². The topological polar surface area (TPSA) is 41.9 Å². The first-order chi connectivity index (χ1) is 14.4. The Morgan fingerprint density at radius 1 is 1.10 bits per heavy atom. The molecule has 7 heteroatoms. The molecule has 0 aliphatic carbocycles. The summed E-state index contributed by atoms with van der Waals surface area (Å²) < 4.78 is 5.30. The predicted octanol–water partition coefficient (Wildman–Crippen LogP) is 6.55. The van der Waals surface area contributed by atoms with E-state index in [4.69, 9.17) is 32.9 Å². The minimum atomic E-state index is -0.554. The van der Waals surface area contributed by atoms with Gasteiger partial charge >= 0.3 is 5.97 Å². The average Bonchev–Trinajstić information content (AvgIpc) is 3.22. The van der Waals surface area contributed by atoms with Crippen LogP contribution >= 0.6 is 35.0 Å². The first-order valence-electron chi connectivity index (χ1n) is 9.87. The monoisotopic (exact) mass is 460 g/mol. The lowest BCUT2D eigenvalue weighted by molar-refractivity contribution is -0.137. The molecule has 2 aromatic rings. The van der Waals surface area contributed by atoms with Gasteiger partial charge in [-0.2, -0.15) is 0 Å². The Bertz CT molecular complexity index is 1030. The first kappa shape index (κ1) is 21.3. The number of hydrogen-bond acceptors (Lipinski definition) is 5. The maximum atomic E-state index is 12.6. The number of hydrogen-bond donors (Lipinski definition) is 0. The maximum absolute atomic E-state index is 12.6. The van der Waals surface area contributed by atoms with Crippen LogP contribution in [0.5, 0.6) is 0 Å². The fourth-order valence-electron chi connectivity index (χ4n) is 4.09. The molecule has 0 bridgehead atoms. The Morgan fingerprint density at radius 2 is 1.70 bits per heavy atom. The van der Waals surface area contributed by atoms with E-state index in [1.165, 1.54) is 11.8 Å². The van der Waals surface area contributed by atoms with Gasteiger partial charge in [-0.25, -0.2) is 9.79 Å². The minimum absolute atomic E-state index is 0.125.